The van der Waals surface area contributed by atoms with Crippen molar-refractivity contribution in [1.82, 2.24) is 0 Å². The van der Waals surface area contributed by atoms with Gasteiger partial charge in [0.1, 0.15) is 11.5 Å². The molecule has 1 aromatic carbocycles. The van der Waals surface area contributed by atoms with Crippen molar-refractivity contribution in [2.45, 2.75) is 32.8 Å². The molecule has 0 radical (unpaired) electrons. The van der Waals surface area contributed by atoms with Crippen molar-refractivity contribution in [3.8, 4) is 17.6 Å². The van der Waals surface area contributed by atoms with Crippen molar-refractivity contribution >= 4 is 5.78 Å². The Bertz CT molecular complexity index is 491. The monoisotopic (exact) mass is 263 g/mol. The number of nitrogens with zero attached hydrogens (tertiary/aromatic N) is 1. The summed E-state index contributed by atoms with van der Waals surface area (Å²) in [4.78, 5) is 11.3. The summed E-state index contributed by atoms with van der Waals surface area (Å²) < 4.78 is 5.45. The lowest BCUT2D eigenvalue weighted by atomic mass is 10.1. The minimum atomic E-state index is -0.271. The Morgan fingerprint density at radius 2 is 2.16 bits per heavy atom. The SMILES string of the molecule is CC(=O)c1cc(CO)c(OCCCCC#N)cc1O. The van der Waals surface area contributed by atoms with Crippen LogP contribution >= 0.6 is 0 Å². The molecule has 5 nitrogen and oxygen atoms in total. The lowest BCUT2D eigenvalue weighted by molar-refractivity contribution is 0.101. The second kappa shape index (κ2) is 7.39. The van der Waals surface area contributed by atoms with Crippen molar-refractivity contribution in [3.05, 3.63) is 23.3 Å². The van der Waals surface area contributed by atoms with Crippen LogP contribution in [0.1, 0.15) is 42.1 Å². The van der Waals surface area contributed by atoms with Gasteiger partial charge in [0.2, 0.25) is 0 Å². The molecule has 1 rings (SSSR count). The highest BCUT2D eigenvalue weighted by Crippen LogP contribution is 2.29. The Morgan fingerprint density at radius 1 is 1.42 bits per heavy atom. The van der Waals surface area contributed by atoms with Gasteiger partial charge in [-0.15, -0.1) is 0 Å². The zero-order chi connectivity index (χ0) is 14.3. The van der Waals surface area contributed by atoms with Crippen molar-refractivity contribution in [2.24, 2.45) is 0 Å². The molecule has 0 bridgehead atoms. The molecule has 0 heterocycles. The first-order valence-electron chi connectivity index (χ1n) is 6.07. The number of aliphatic hydroxyl groups excluding tert-OH is 1. The molecule has 0 aliphatic heterocycles. The maximum atomic E-state index is 11.3. The third-order valence-electron chi connectivity index (χ3n) is 2.67. The summed E-state index contributed by atoms with van der Waals surface area (Å²) >= 11 is 0. The predicted octanol–water partition coefficient (Wildman–Crippen LogP) is 2.16. The molecule has 102 valence electrons. The molecular weight excluding hydrogens is 246 g/mol. The first-order chi connectivity index (χ1) is 9.10. The van der Waals surface area contributed by atoms with Gasteiger partial charge < -0.3 is 14.9 Å². The fourth-order valence-corrected chi connectivity index (χ4v) is 1.64. The van der Waals surface area contributed by atoms with Gasteiger partial charge in [-0.3, -0.25) is 4.79 Å². The molecule has 0 amide bonds. The molecular formula is C14H17NO4. The maximum Gasteiger partial charge on any atom is 0.163 e. The molecule has 0 aliphatic carbocycles. The van der Waals surface area contributed by atoms with Gasteiger partial charge in [-0.05, 0) is 25.8 Å². The number of Topliss-reactive ketones (excluding diaryl/α,β-unsaturated/α-hetero) is 1. The average molecular weight is 263 g/mol. The van der Waals surface area contributed by atoms with Crippen molar-refractivity contribution < 1.29 is 19.7 Å². The molecule has 0 unspecified atom stereocenters. The number of nitriles is 1. The number of benzene rings is 1. The highest BCUT2D eigenvalue weighted by molar-refractivity contribution is 5.97. The second-order valence-electron chi connectivity index (χ2n) is 4.16. The van der Waals surface area contributed by atoms with Crippen LogP contribution in [0.5, 0.6) is 11.5 Å². The lowest BCUT2D eigenvalue weighted by Gasteiger charge is -2.12. The number of ketones is 1. The van der Waals surface area contributed by atoms with Gasteiger partial charge in [0.25, 0.3) is 0 Å². The van der Waals surface area contributed by atoms with Crippen LogP contribution in [0.25, 0.3) is 0 Å². The summed E-state index contributed by atoms with van der Waals surface area (Å²) in [7, 11) is 0. The molecule has 0 fully saturated rings. The summed E-state index contributed by atoms with van der Waals surface area (Å²) in [5.41, 5.74) is 0.629. The fourth-order valence-electron chi connectivity index (χ4n) is 1.64. The van der Waals surface area contributed by atoms with Gasteiger partial charge in [0.05, 0.1) is 24.8 Å². The molecule has 0 aromatic heterocycles. The van der Waals surface area contributed by atoms with E-state index in [4.69, 9.17) is 10.00 Å². The van der Waals surface area contributed by atoms with Crippen LogP contribution in [-0.2, 0) is 6.61 Å². The number of unbranched alkanes of at least 4 members (excludes halogenated alkanes) is 2. The van der Waals surface area contributed by atoms with E-state index in [1.54, 1.807) is 0 Å². The van der Waals surface area contributed by atoms with E-state index in [9.17, 15) is 15.0 Å². The minimum absolute atomic E-state index is 0.156. The summed E-state index contributed by atoms with van der Waals surface area (Å²) in [5, 5.41) is 27.3. The Morgan fingerprint density at radius 3 is 2.74 bits per heavy atom. The standard InChI is InChI=1S/C14H17NO4/c1-10(17)12-7-11(9-16)14(8-13(12)18)19-6-4-2-3-5-15/h7-8,16,18H,2-4,6,9H2,1H3. The second-order valence-corrected chi connectivity index (χ2v) is 4.16. The molecule has 1 aromatic rings. The van der Waals surface area contributed by atoms with Gasteiger partial charge in [-0.2, -0.15) is 5.26 Å². The topological polar surface area (TPSA) is 90.5 Å². The third kappa shape index (κ3) is 4.27. The van der Waals surface area contributed by atoms with Crippen LogP contribution < -0.4 is 4.74 Å². The number of rotatable bonds is 7. The van der Waals surface area contributed by atoms with Crippen molar-refractivity contribution in [2.75, 3.05) is 6.61 Å². The van der Waals surface area contributed by atoms with Gasteiger partial charge in [-0.1, -0.05) is 0 Å². The van der Waals surface area contributed by atoms with Crippen LogP contribution in [0.4, 0.5) is 0 Å². The van der Waals surface area contributed by atoms with Crippen molar-refractivity contribution in [3.63, 3.8) is 0 Å². The Balaban J connectivity index is 2.75. The highest BCUT2D eigenvalue weighted by atomic mass is 16.5. The normalized spacial score (nSPS) is 9.95. The molecule has 19 heavy (non-hydrogen) atoms. The molecule has 2 N–H and O–H groups in total. The number of aromatic hydroxyl groups is 1. The summed E-state index contributed by atoms with van der Waals surface area (Å²) in [5.74, 6) is -0.0635. The molecule has 0 saturated heterocycles. The smallest absolute Gasteiger partial charge is 0.163 e. The number of ether oxygens (including phenoxy) is 1. The number of phenolic OH excluding ortho intramolecular Hbond substituents is 1. The fraction of sp³-hybridized carbons (Fsp3) is 0.429. The van der Waals surface area contributed by atoms with E-state index in [-0.39, 0.29) is 23.7 Å². The van der Waals surface area contributed by atoms with Gasteiger partial charge >= 0.3 is 0 Å². The largest absolute Gasteiger partial charge is 0.507 e. The molecule has 0 saturated carbocycles. The van der Waals surface area contributed by atoms with Crippen LogP contribution in [0.3, 0.4) is 0 Å². The Labute approximate surface area is 112 Å². The van der Waals surface area contributed by atoms with E-state index >= 15 is 0 Å². The first kappa shape index (κ1) is 15.0. The number of hydrogen-bond acceptors (Lipinski definition) is 5. The lowest BCUT2D eigenvalue weighted by Crippen LogP contribution is -2.03. The van der Waals surface area contributed by atoms with Crippen LogP contribution in [0, 0.1) is 11.3 Å². The van der Waals surface area contributed by atoms with Crippen LogP contribution in [0.2, 0.25) is 0 Å². The number of aliphatic hydroxyl groups is 1. The number of carbonyl (C=O) groups excluding carboxylic acids is 1. The van der Waals surface area contributed by atoms with E-state index in [1.807, 2.05) is 6.07 Å². The van der Waals surface area contributed by atoms with E-state index in [2.05, 4.69) is 0 Å². The van der Waals surface area contributed by atoms with Crippen LogP contribution in [-0.4, -0.2) is 22.6 Å². The van der Waals surface area contributed by atoms with Gasteiger partial charge in [0.15, 0.2) is 5.78 Å². The number of phenols is 1. The van der Waals surface area contributed by atoms with Gasteiger partial charge in [0, 0.05) is 18.1 Å². The van der Waals surface area contributed by atoms with Crippen molar-refractivity contribution in [1.29, 1.82) is 5.26 Å². The van der Waals surface area contributed by atoms with E-state index in [0.717, 1.165) is 6.42 Å². The van der Waals surface area contributed by atoms with E-state index < -0.39 is 0 Å². The Hall–Kier alpha value is -2.06. The van der Waals surface area contributed by atoms with Gasteiger partial charge in [-0.25, -0.2) is 0 Å². The molecule has 0 spiro atoms. The van der Waals surface area contributed by atoms with E-state index in [0.29, 0.717) is 30.8 Å². The summed E-state index contributed by atoms with van der Waals surface area (Å²) in [6.07, 6.45) is 1.93. The third-order valence-corrected chi connectivity index (χ3v) is 2.67. The zero-order valence-corrected chi connectivity index (χ0v) is 10.8. The minimum Gasteiger partial charge on any atom is -0.507 e. The van der Waals surface area contributed by atoms with Crippen LogP contribution in [0.15, 0.2) is 12.1 Å². The highest BCUT2D eigenvalue weighted by Gasteiger charge is 2.12. The Kier molecular flexibility index (Phi) is 5.83. The number of carbonyl (C=O) groups is 1. The zero-order valence-electron chi connectivity index (χ0n) is 10.8. The average Bonchev–Trinajstić information content (AvgIpc) is 2.38. The summed E-state index contributed by atoms with van der Waals surface area (Å²) in [6.45, 7) is 1.47. The summed E-state index contributed by atoms with van der Waals surface area (Å²) in [6, 6.07) is 4.82. The first-order valence-corrected chi connectivity index (χ1v) is 6.07. The quantitative estimate of drug-likeness (QED) is 0.581. The maximum absolute atomic E-state index is 11.3. The predicted molar refractivity (Wildman–Crippen MR) is 69.0 cm³/mol. The molecule has 0 atom stereocenters. The number of hydrogen-bond donors (Lipinski definition) is 2. The van der Waals surface area contributed by atoms with E-state index in [1.165, 1.54) is 19.1 Å². The molecule has 5 heteroatoms. The molecule has 0 aliphatic rings.